The molecule has 0 N–H and O–H groups in total. The maximum absolute atomic E-state index is 13.1. The minimum Gasteiger partial charge on any atom is -0.322 e. The number of nitrogens with zero attached hydrogens (tertiary/aromatic N) is 8. The Morgan fingerprint density at radius 2 is 1.11 bits per heavy atom. The molecular weight excluding hydrogens is 511 g/mol. The number of phosphoric acid groups is 1. The first-order chi connectivity index (χ1) is 17.5. The lowest BCUT2D eigenvalue weighted by molar-refractivity contribution is 0.112. The van der Waals surface area contributed by atoms with Crippen LogP contribution in [0.4, 0.5) is 0 Å². The normalized spacial score (nSPS) is 12.2. The van der Waals surface area contributed by atoms with Crippen LogP contribution in [0.3, 0.4) is 0 Å². The first-order valence-electron chi connectivity index (χ1n) is 11.3. The number of fused-ring (bicyclic) bond motifs is 2. The molecule has 0 saturated heterocycles. The number of aromatic nitrogens is 8. The monoisotopic (exact) mass is 538 g/mol. The Labute approximate surface area is 208 Å². The van der Waals surface area contributed by atoms with E-state index in [4.69, 9.17) is 13.6 Å². The van der Waals surface area contributed by atoms with E-state index in [-0.39, 0.29) is 55.2 Å². The van der Waals surface area contributed by atoms with Gasteiger partial charge in [0.2, 0.25) is 0 Å². The number of hydrogen-bond donors (Lipinski definition) is 0. The van der Waals surface area contributed by atoms with E-state index in [1.165, 1.54) is 59.1 Å². The topological polar surface area (TPSA) is 168 Å². The van der Waals surface area contributed by atoms with Crippen LogP contribution >= 0.6 is 7.82 Å². The van der Waals surface area contributed by atoms with E-state index in [9.17, 15) is 23.7 Å². The lowest BCUT2D eigenvalue weighted by Crippen LogP contribution is -2.37. The molecule has 0 aliphatic rings. The van der Waals surface area contributed by atoms with Crippen LogP contribution in [0.1, 0.15) is 6.92 Å². The van der Waals surface area contributed by atoms with Gasteiger partial charge in [-0.05, 0) is 6.92 Å². The first kappa shape index (κ1) is 26.5. The summed E-state index contributed by atoms with van der Waals surface area (Å²) in [6, 6.07) is 0. The largest absolute Gasteiger partial charge is 0.474 e. The minimum atomic E-state index is -4.00. The van der Waals surface area contributed by atoms with Crippen LogP contribution in [0.25, 0.3) is 22.3 Å². The van der Waals surface area contributed by atoms with E-state index in [1.54, 1.807) is 6.92 Å². The van der Waals surface area contributed by atoms with Gasteiger partial charge in [0, 0.05) is 41.3 Å². The molecule has 0 radical (unpaired) electrons. The molecule has 0 bridgehead atoms. The zero-order valence-corrected chi connectivity index (χ0v) is 21.9. The van der Waals surface area contributed by atoms with Gasteiger partial charge in [-0.15, -0.1) is 0 Å². The summed E-state index contributed by atoms with van der Waals surface area (Å²) in [5.41, 5.74) is -1.21. The fourth-order valence-electron chi connectivity index (χ4n) is 3.90. The van der Waals surface area contributed by atoms with Crippen molar-refractivity contribution in [1.82, 2.24) is 37.4 Å². The van der Waals surface area contributed by atoms with E-state index in [0.717, 1.165) is 9.13 Å². The average Bonchev–Trinajstić information content (AvgIpc) is 3.49. The van der Waals surface area contributed by atoms with Crippen molar-refractivity contribution < 1.29 is 18.1 Å². The molecule has 0 aliphatic carbocycles. The van der Waals surface area contributed by atoms with Crippen LogP contribution in [0.2, 0.25) is 0 Å². The van der Waals surface area contributed by atoms with Crippen LogP contribution < -0.4 is 22.5 Å². The number of hydrogen-bond acceptors (Lipinski definition) is 10. The molecule has 16 nitrogen and oxygen atoms in total. The van der Waals surface area contributed by atoms with Crippen LogP contribution in [0, 0.1) is 0 Å². The van der Waals surface area contributed by atoms with Gasteiger partial charge < -0.3 is 9.13 Å². The van der Waals surface area contributed by atoms with E-state index in [2.05, 4.69) is 9.97 Å². The van der Waals surface area contributed by atoms with Crippen LogP contribution in [-0.4, -0.2) is 57.2 Å². The fraction of sp³-hybridized carbons (Fsp3) is 0.500. The summed E-state index contributed by atoms with van der Waals surface area (Å²) in [5, 5.41) is 0. The molecule has 0 fully saturated rings. The highest BCUT2D eigenvalue weighted by Gasteiger charge is 2.26. The second kappa shape index (κ2) is 10.0. The molecule has 200 valence electrons. The third-order valence-electron chi connectivity index (χ3n) is 5.88. The van der Waals surface area contributed by atoms with Crippen molar-refractivity contribution in [3.8, 4) is 0 Å². The molecule has 17 heteroatoms. The van der Waals surface area contributed by atoms with E-state index >= 15 is 0 Å². The molecule has 0 spiro atoms. The summed E-state index contributed by atoms with van der Waals surface area (Å²) in [5.74, 6) is 0. The highest BCUT2D eigenvalue weighted by Crippen LogP contribution is 2.49. The summed E-state index contributed by atoms with van der Waals surface area (Å²) < 4.78 is 36.7. The lowest BCUT2D eigenvalue weighted by atomic mass is 10.5. The predicted molar refractivity (Wildman–Crippen MR) is 132 cm³/mol. The second-order valence-corrected chi connectivity index (χ2v) is 9.83. The van der Waals surface area contributed by atoms with Crippen molar-refractivity contribution in [2.24, 2.45) is 28.2 Å². The Kier molecular flexibility index (Phi) is 7.19. The number of phosphoric ester groups is 1. The Bertz CT molecular complexity index is 1650. The number of imidazole rings is 2. The average molecular weight is 538 g/mol. The Morgan fingerprint density at radius 3 is 1.49 bits per heavy atom. The molecule has 4 aromatic rings. The second-order valence-electron chi connectivity index (χ2n) is 8.16. The molecule has 0 aliphatic heterocycles. The molecule has 4 aromatic heterocycles. The summed E-state index contributed by atoms with van der Waals surface area (Å²) in [6.45, 7) is 1.54. The third kappa shape index (κ3) is 4.64. The molecule has 4 rings (SSSR count). The third-order valence-corrected chi connectivity index (χ3v) is 7.46. The highest BCUT2D eigenvalue weighted by atomic mass is 31.2. The molecule has 0 saturated carbocycles. The summed E-state index contributed by atoms with van der Waals surface area (Å²) in [4.78, 5) is 57.6. The van der Waals surface area contributed by atoms with E-state index in [1.807, 2.05) is 0 Å². The minimum absolute atomic E-state index is 0.0462. The zero-order chi connectivity index (χ0) is 27.1. The van der Waals surface area contributed by atoms with E-state index < -0.39 is 30.3 Å². The Balaban J connectivity index is 1.46. The van der Waals surface area contributed by atoms with Gasteiger partial charge in [-0.1, -0.05) is 0 Å². The van der Waals surface area contributed by atoms with Gasteiger partial charge in [0.25, 0.3) is 11.1 Å². The number of rotatable bonds is 10. The van der Waals surface area contributed by atoms with Crippen molar-refractivity contribution in [3.05, 3.63) is 54.3 Å². The van der Waals surface area contributed by atoms with Crippen LogP contribution in [-0.2, 0) is 59.4 Å². The Morgan fingerprint density at radius 1 is 0.703 bits per heavy atom. The van der Waals surface area contributed by atoms with E-state index in [0.29, 0.717) is 0 Å². The highest BCUT2D eigenvalue weighted by molar-refractivity contribution is 7.48. The quantitative estimate of drug-likeness (QED) is 0.230. The molecule has 37 heavy (non-hydrogen) atoms. The van der Waals surface area contributed by atoms with Crippen LogP contribution in [0.15, 0.2) is 31.8 Å². The molecule has 0 amide bonds. The SMILES string of the molecule is CCOP(=O)(OCCn1cnc2c1c(=O)n(C)c(=O)n2C)OCCn1cnc2c1c(=O)n(C)c(=O)n2C. The molecular formula is C20H27N8O8P. The van der Waals surface area contributed by atoms with Crippen LogP contribution in [0.5, 0.6) is 0 Å². The molecule has 0 aromatic carbocycles. The lowest BCUT2D eigenvalue weighted by Gasteiger charge is -2.18. The van der Waals surface area contributed by atoms with Gasteiger partial charge in [-0.3, -0.25) is 41.4 Å². The molecule has 4 heterocycles. The smallest absolute Gasteiger partial charge is 0.322 e. The molecule has 0 unspecified atom stereocenters. The standard InChI is InChI=1S/C20H27N8O8P/c1-6-34-37(33,35-9-7-27-11-21-15-13(27)17(29)25(4)19(31)23(15)2)36-10-8-28-12-22-16-14(28)18(30)26(5)20(32)24(16)3/h11-12H,6-10H2,1-5H3. The first-order valence-corrected chi connectivity index (χ1v) is 12.7. The van der Waals surface area contributed by atoms with Gasteiger partial charge in [-0.25, -0.2) is 24.1 Å². The maximum atomic E-state index is 13.1. The van der Waals surface area contributed by atoms with Gasteiger partial charge in [0.15, 0.2) is 22.3 Å². The fourth-order valence-corrected chi connectivity index (χ4v) is 5.06. The number of aryl methyl sites for hydroxylation is 2. The van der Waals surface area contributed by atoms with Gasteiger partial charge >= 0.3 is 19.2 Å². The van der Waals surface area contributed by atoms with Crippen molar-refractivity contribution >= 4 is 30.2 Å². The van der Waals surface area contributed by atoms with Crippen molar-refractivity contribution in [2.75, 3.05) is 19.8 Å². The Hall–Kier alpha value is -3.59. The van der Waals surface area contributed by atoms with Gasteiger partial charge in [0.05, 0.1) is 32.5 Å². The van der Waals surface area contributed by atoms with Gasteiger partial charge in [-0.2, -0.15) is 0 Å². The van der Waals surface area contributed by atoms with Crippen molar-refractivity contribution in [3.63, 3.8) is 0 Å². The summed E-state index contributed by atoms with van der Waals surface area (Å²) in [6.07, 6.45) is 2.78. The summed E-state index contributed by atoms with van der Waals surface area (Å²) in [7, 11) is 1.76. The maximum Gasteiger partial charge on any atom is 0.474 e. The molecule has 0 atom stereocenters. The zero-order valence-electron chi connectivity index (χ0n) is 21.0. The summed E-state index contributed by atoms with van der Waals surface area (Å²) >= 11 is 0. The van der Waals surface area contributed by atoms with Crippen molar-refractivity contribution in [2.45, 2.75) is 20.0 Å². The van der Waals surface area contributed by atoms with Crippen molar-refractivity contribution in [1.29, 1.82) is 0 Å². The van der Waals surface area contributed by atoms with Gasteiger partial charge in [0.1, 0.15) is 0 Å². The predicted octanol–water partition coefficient (Wildman–Crippen LogP) is -0.941.